The van der Waals surface area contributed by atoms with E-state index in [9.17, 15) is 14.3 Å². The van der Waals surface area contributed by atoms with Crippen LogP contribution < -0.4 is 5.32 Å². The Balaban J connectivity index is 1.80. The minimum atomic E-state index is -0.546. The second-order valence-corrected chi connectivity index (χ2v) is 9.34. The van der Waals surface area contributed by atoms with Gasteiger partial charge in [-0.15, -0.1) is 0 Å². The maximum Gasteiger partial charge on any atom is 0.167 e. The molecule has 0 aromatic heterocycles. The van der Waals surface area contributed by atoms with Gasteiger partial charge in [0.25, 0.3) is 0 Å². The van der Waals surface area contributed by atoms with Crippen LogP contribution in [0.2, 0.25) is 0 Å². The van der Waals surface area contributed by atoms with E-state index in [2.05, 4.69) is 4.90 Å². The molecule has 6 heteroatoms. The van der Waals surface area contributed by atoms with E-state index in [1.165, 1.54) is 6.07 Å². The highest BCUT2D eigenvalue weighted by atomic mass is 19.1. The summed E-state index contributed by atoms with van der Waals surface area (Å²) in [5, 5.41) is 15.7. The Morgan fingerprint density at radius 1 is 1.18 bits per heavy atom. The van der Waals surface area contributed by atoms with Crippen molar-refractivity contribution < 1.29 is 19.0 Å². The number of aliphatic hydroxyl groups excluding tert-OH is 1. The van der Waals surface area contributed by atoms with Crippen LogP contribution in [0.3, 0.4) is 0 Å². The summed E-state index contributed by atoms with van der Waals surface area (Å²) in [6.07, 6.45) is 1.03. The number of likely N-dealkylation sites (tertiary alicyclic amines) is 1. The van der Waals surface area contributed by atoms with Gasteiger partial charge in [0.15, 0.2) is 5.78 Å². The monoisotopic (exact) mass is 453 g/mol. The Kier molecular flexibility index (Phi) is 7.91. The van der Waals surface area contributed by atoms with Crippen molar-refractivity contribution in [1.82, 2.24) is 10.2 Å². The molecular weight excluding hydrogens is 419 g/mol. The number of hydrogen-bond acceptors (Lipinski definition) is 4. The maximum atomic E-state index is 14.7. The van der Waals surface area contributed by atoms with E-state index in [1.54, 1.807) is 20.1 Å². The number of ether oxygens (including phenoxy) is 1. The molecule has 1 unspecified atom stereocenters. The summed E-state index contributed by atoms with van der Waals surface area (Å²) in [6.45, 7) is 5.01. The number of rotatable bonds is 7. The zero-order valence-electron chi connectivity index (χ0n) is 19.5. The van der Waals surface area contributed by atoms with E-state index < -0.39 is 6.10 Å². The number of nitrogens with zero attached hydrogens (tertiary/aromatic N) is 2. The predicted octanol–water partition coefficient (Wildman–Crippen LogP) is 3.42. The number of carbonyl (C=O) groups excluding carboxylic acids is 1. The minimum Gasteiger partial charge on any atom is -0.391 e. The molecule has 33 heavy (non-hydrogen) atoms. The summed E-state index contributed by atoms with van der Waals surface area (Å²) < 4.78 is 20.0. The van der Waals surface area contributed by atoms with Crippen molar-refractivity contribution in [2.24, 2.45) is 11.8 Å². The van der Waals surface area contributed by atoms with Crippen LogP contribution in [-0.2, 0) is 4.74 Å². The van der Waals surface area contributed by atoms with Crippen LogP contribution in [0.1, 0.15) is 40.2 Å². The van der Waals surface area contributed by atoms with Crippen molar-refractivity contribution >= 4 is 5.78 Å². The van der Waals surface area contributed by atoms with Crippen molar-refractivity contribution in [1.29, 1.82) is 0 Å². The van der Waals surface area contributed by atoms with Gasteiger partial charge >= 0.3 is 0 Å². The Hall–Kier alpha value is -2.12. The number of halogens is 1. The number of piperidine rings is 2. The summed E-state index contributed by atoms with van der Waals surface area (Å²) in [7, 11) is 1.67. The van der Waals surface area contributed by atoms with E-state index in [0.29, 0.717) is 50.3 Å². The number of ketones is 1. The van der Waals surface area contributed by atoms with Gasteiger partial charge in [-0.2, -0.15) is 0 Å². The van der Waals surface area contributed by atoms with Gasteiger partial charge in [-0.3, -0.25) is 9.69 Å². The number of Topliss-reactive ketones (excluding diaryl/α,β-unsaturated/α-hetero) is 1. The van der Waals surface area contributed by atoms with Crippen LogP contribution in [0, 0.1) is 24.6 Å². The molecule has 1 N–H and O–H groups in total. The molecule has 0 bridgehead atoms. The molecule has 0 saturated carbocycles. The average Bonchev–Trinajstić information content (AvgIpc) is 2.84. The first-order chi connectivity index (χ1) is 16.0. The number of carbonyl (C=O) groups is 1. The number of benzene rings is 2. The van der Waals surface area contributed by atoms with Gasteiger partial charge < -0.3 is 9.84 Å². The topological polar surface area (TPSA) is 63.9 Å². The normalized spacial score (nSPS) is 28.5. The SMILES string of the molecule is COCCN1CC(C(=O)c2ccccc2)[C@H](c2cccc(F)c2C)[C@@H]([C@H]2[N]CCC[C@@H]2O)C1. The molecule has 2 saturated heterocycles. The molecule has 1 radical (unpaired) electrons. The second kappa shape index (κ2) is 10.9. The second-order valence-electron chi connectivity index (χ2n) is 9.34. The van der Waals surface area contributed by atoms with Crippen molar-refractivity contribution in [3.05, 3.63) is 71.0 Å². The van der Waals surface area contributed by atoms with E-state index >= 15 is 0 Å². The van der Waals surface area contributed by atoms with Gasteiger partial charge in [-0.05, 0) is 42.9 Å². The predicted molar refractivity (Wildman–Crippen MR) is 126 cm³/mol. The fraction of sp³-hybridized carbons (Fsp3) is 0.519. The quantitative estimate of drug-likeness (QED) is 0.653. The van der Waals surface area contributed by atoms with Gasteiger partial charge in [0.1, 0.15) is 5.82 Å². The molecular formula is C27H34FN2O3. The summed E-state index contributed by atoms with van der Waals surface area (Å²) in [4.78, 5) is 16.1. The number of hydrogen-bond donors (Lipinski definition) is 1. The third-order valence-corrected chi connectivity index (χ3v) is 7.32. The molecule has 2 aliphatic heterocycles. The summed E-state index contributed by atoms with van der Waals surface area (Å²) in [5.74, 6) is -0.896. The molecule has 2 aromatic carbocycles. The number of methoxy groups -OCH3 is 1. The lowest BCUT2D eigenvalue weighted by Crippen LogP contribution is -2.57. The molecule has 177 valence electrons. The Morgan fingerprint density at radius 3 is 2.70 bits per heavy atom. The molecule has 2 heterocycles. The first kappa shape index (κ1) is 24.0. The number of aliphatic hydroxyl groups is 1. The minimum absolute atomic E-state index is 0.0571. The van der Waals surface area contributed by atoms with E-state index in [1.807, 2.05) is 36.4 Å². The van der Waals surface area contributed by atoms with Crippen molar-refractivity contribution in [2.75, 3.05) is 39.9 Å². The van der Waals surface area contributed by atoms with Gasteiger partial charge in [0.05, 0.1) is 18.8 Å². The van der Waals surface area contributed by atoms with Crippen LogP contribution in [-0.4, -0.2) is 67.8 Å². The summed E-state index contributed by atoms with van der Waals surface area (Å²) in [5.41, 5.74) is 2.10. The highest BCUT2D eigenvalue weighted by molar-refractivity contribution is 5.98. The zero-order valence-corrected chi connectivity index (χ0v) is 19.5. The molecule has 5 atom stereocenters. The molecule has 5 nitrogen and oxygen atoms in total. The maximum absolute atomic E-state index is 14.7. The molecule has 2 fully saturated rings. The van der Waals surface area contributed by atoms with Crippen LogP contribution in [0.4, 0.5) is 4.39 Å². The van der Waals surface area contributed by atoms with Gasteiger partial charge in [-0.25, -0.2) is 9.71 Å². The first-order valence-electron chi connectivity index (χ1n) is 11.9. The van der Waals surface area contributed by atoms with Crippen LogP contribution in [0.25, 0.3) is 0 Å². The molecule has 4 rings (SSSR count). The largest absolute Gasteiger partial charge is 0.391 e. The average molecular weight is 454 g/mol. The summed E-state index contributed by atoms with van der Waals surface area (Å²) in [6, 6.07) is 14.2. The van der Waals surface area contributed by atoms with Gasteiger partial charge in [0, 0.05) is 50.7 Å². The van der Waals surface area contributed by atoms with Crippen molar-refractivity contribution in [3.8, 4) is 0 Å². The highest BCUT2D eigenvalue weighted by Crippen LogP contribution is 2.43. The van der Waals surface area contributed by atoms with Crippen molar-refractivity contribution in [2.45, 2.75) is 37.8 Å². The standard InChI is InChI=1S/C27H34FN2O3/c1-18-20(10-6-11-23(18)28)25-21(26-24(31)12-7-13-29-26)16-30(14-15-33-2)17-22(25)27(32)19-8-4-3-5-9-19/h3-6,8-11,21-22,24-26,31H,7,12-17H2,1-2H3/t21-,22?,24-,25+,26+/m0/s1. The van der Waals surface area contributed by atoms with Crippen LogP contribution >= 0.6 is 0 Å². The Bertz CT molecular complexity index is 938. The molecule has 0 aliphatic carbocycles. The lowest BCUT2D eigenvalue weighted by molar-refractivity contribution is 0.00530. The lowest BCUT2D eigenvalue weighted by atomic mass is 9.66. The fourth-order valence-electron chi connectivity index (χ4n) is 5.65. The smallest absolute Gasteiger partial charge is 0.167 e. The Morgan fingerprint density at radius 2 is 1.97 bits per heavy atom. The lowest BCUT2D eigenvalue weighted by Gasteiger charge is -2.48. The van der Waals surface area contributed by atoms with E-state index in [0.717, 1.165) is 12.0 Å². The fourth-order valence-corrected chi connectivity index (χ4v) is 5.65. The zero-order chi connectivity index (χ0) is 23.4. The highest BCUT2D eigenvalue weighted by Gasteiger charge is 2.47. The van der Waals surface area contributed by atoms with E-state index in [-0.39, 0.29) is 35.4 Å². The van der Waals surface area contributed by atoms with Crippen LogP contribution in [0.15, 0.2) is 48.5 Å². The van der Waals surface area contributed by atoms with Crippen LogP contribution in [0.5, 0.6) is 0 Å². The Labute approximate surface area is 195 Å². The molecule has 0 spiro atoms. The first-order valence-corrected chi connectivity index (χ1v) is 11.9. The molecule has 2 aromatic rings. The third-order valence-electron chi connectivity index (χ3n) is 7.32. The third kappa shape index (κ3) is 5.19. The van der Waals surface area contributed by atoms with Gasteiger partial charge in [-0.1, -0.05) is 42.5 Å². The molecule has 2 aliphatic rings. The van der Waals surface area contributed by atoms with Gasteiger partial charge in [0.2, 0.25) is 0 Å². The van der Waals surface area contributed by atoms with E-state index in [4.69, 9.17) is 10.1 Å². The molecule has 0 amide bonds. The van der Waals surface area contributed by atoms with Crippen molar-refractivity contribution in [3.63, 3.8) is 0 Å². The summed E-state index contributed by atoms with van der Waals surface area (Å²) >= 11 is 0.